The number of carbonyl (C=O) groups excluding carboxylic acids is 3. The van der Waals surface area contributed by atoms with Gasteiger partial charge in [-0.05, 0) is 12.5 Å². The van der Waals surface area contributed by atoms with Crippen molar-refractivity contribution in [3.8, 4) is 11.5 Å². The number of hydrogen-bond acceptors (Lipinski definition) is 8. The van der Waals surface area contributed by atoms with Crippen molar-refractivity contribution >= 4 is 17.8 Å². The molecule has 0 fully saturated rings. The van der Waals surface area contributed by atoms with Crippen molar-refractivity contribution in [1.29, 1.82) is 0 Å². The van der Waals surface area contributed by atoms with Gasteiger partial charge >= 0.3 is 5.97 Å². The van der Waals surface area contributed by atoms with Crippen molar-refractivity contribution in [3.05, 3.63) is 23.8 Å². The topological polar surface area (TPSA) is 138 Å². The average molecular weight is 440 g/mol. The van der Waals surface area contributed by atoms with Gasteiger partial charge in [0.25, 0.3) is 0 Å². The van der Waals surface area contributed by atoms with Crippen LogP contribution in [0.1, 0.15) is 31.7 Å². The van der Waals surface area contributed by atoms with E-state index in [2.05, 4.69) is 10.6 Å². The lowest BCUT2D eigenvalue weighted by Crippen LogP contribution is -2.53. The fraction of sp³-hybridized carbons (Fsp3) is 0.571. The van der Waals surface area contributed by atoms with Gasteiger partial charge in [0.1, 0.15) is 6.04 Å². The molecule has 174 valence electrons. The van der Waals surface area contributed by atoms with Gasteiger partial charge < -0.3 is 35.3 Å². The molecule has 0 bridgehead atoms. The highest BCUT2D eigenvalue weighted by Crippen LogP contribution is 2.30. The average Bonchev–Trinajstić information content (AvgIpc) is 2.76. The Morgan fingerprint density at radius 2 is 1.84 bits per heavy atom. The number of nitrogens with two attached hydrogens (primary N) is 1. The van der Waals surface area contributed by atoms with Crippen LogP contribution in [0.3, 0.4) is 0 Å². The van der Waals surface area contributed by atoms with Gasteiger partial charge in [0.05, 0.1) is 39.9 Å². The number of nitrogens with one attached hydrogen (secondary N) is 2. The Morgan fingerprint density at radius 3 is 2.45 bits per heavy atom. The molecule has 1 rings (SSSR count). The van der Waals surface area contributed by atoms with E-state index < -0.39 is 29.9 Å². The summed E-state index contributed by atoms with van der Waals surface area (Å²) in [6.45, 7) is 2.33. The van der Waals surface area contributed by atoms with Crippen molar-refractivity contribution in [2.45, 2.75) is 44.8 Å². The van der Waals surface area contributed by atoms with Gasteiger partial charge in [-0.15, -0.1) is 0 Å². The summed E-state index contributed by atoms with van der Waals surface area (Å²) in [7, 11) is 4.43. The summed E-state index contributed by atoms with van der Waals surface area (Å²) in [5.74, 6) is -0.649. The Balaban J connectivity index is 2.67. The molecule has 0 spiro atoms. The van der Waals surface area contributed by atoms with E-state index >= 15 is 0 Å². The number of carbonyl (C=O) groups is 3. The van der Waals surface area contributed by atoms with Crippen molar-refractivity contribution < 1.29 is 33.3 Å². The van der Waals surface area contributed by atoms with Gasteiger partial charge in [-0.2, -0.15) is 0 Å². The van der Waals surface area contributed by atoms with Crippen LogP contribution in [0.2, 0.25) is 0 Å². The van der Waals surface area contributed by atoms with Gasteiger partial charge in [0.15, 0.2) is 11.5 Å². The second kappa shape index (κ2) is 14.2. The number of amides is 2. The van der Waals surface area contributed by atoms with E-state index in [0.717, 1.165) is 12.8 Å². The smallest absolute Gasteiger partial charge is 0.307 e. The molecule has 0 unspecified atom stereocenters. The summed E-state index contributed by atoms with van der Waals surface area (Å²) in [4.78, 5) is 36.7. The normalized spacial score (nSPS) is 12.4. The van der Waals surface area contributed by atoms with Crippen LogP contribution in [0.4, 0.5) is 0 Å². The zero-order chi connectivity index (χ0) is 23.2. The summed E-state index contributed by atoms with van der Waals surface area (Å²) in [6, 6.07) is 3.17. The molecule has 0 saturated heterocycles. The largest absolute Gasteiger partial charge is 0.493 e. The van der Waals surface area contributed by atoms with Crippen LogP contribution in [-0.2, 0) is 30.4 Å². The van der Waals surface area contributed by atoms with Crippen LogP contribution >= 0.6 is 0 Å². The quantitative estimate of drug-likeness (QED) is 0.282. The van der Waals surface area contributed by atoms with E-state index in [1.807, 2.05) is 6.92 Å². The molecule has 1 aromatic rings. The molecule has 2 amide bonds. The fourth-order valence-corrected chi connectivity index (χ4v) is 2.69. The van der Waals surface area contributed by atoms with Crippen molar-refractivity contribution in [2.24, 2.45) is 5.73 Å². The highest BCUT2D eigenvalue weighted by molar-refractivity contribution is 5.91. The molecule has 1 aromatic carbocycles. The molecule has 31 heavy (non-hydrogen) atoms. The fourth-order valence-electron chi connectivity index (χ4n) is 2.69. The summed E-state index contributed by atoms with van der Waals surface area (Å²) in [6.07, 6.45) is 1.34. The molecule has 0 heterocycles. The van der Waals surface area contributed by atoms with E-state index in [1.165, 1.54) is 21.3 Å². The van der Waals surface area contributed by atoms with Gasteiger partial charge in [0.2, 0.25) is 11.8 Å². The minimum Gasteiger partial charge on any atom is -0.493 e. The maximum atomic E-state index is 12.6. The summed E-state index contributed by atoms with van der Waals surface area (Å²) in [5, 5.41) is 5.24. The second-order valence-corrected chi connectivity index (χ2v) is 6.77. The number of para-hydroxylation sites is 1. The number of esters is 1. The summed E-state index contributed by atoms with van der Waals surface area (Å²) < 4.78 is 20.6. The van der Waals surface area contributed by atoms with Crippen molar-refractivity contribution in [2.75, 3.05) is 34.5 Å². The standard InChI is InChI=1S/C21H33N3O7/c1-5-6-10-31-18(25)11-15(22)20(26)24-16(13-28-2)21(27)23-12-14-8-7-9-17(29-3)19(14)30-4/h7-9,15-16H,5-6,10-13,22H2,1-4H3,(H,23,27)(H,24,26)/t15-,16-/m0/s1. The minimum absolute atomic E-state index is 0.0690. The third-order valence-corrected chi connectivity index (χ3v) is 4.39. The monoisotopic (exact) mass is 439 g/mol. The van der Waals surface area contributed by atoms with E-state index in [0.29, 0.717) is 17.1 Å². The molecule has 0 aliphatic heterocycles. The van der Waals surface area contributed by atoms with Gasteiger partial charge in [-0.3, -0.25) is 14.4 Å². The first-order chi connectivity index (χ1) is 14.9. The molecule has 0 saturated carbocycles. The van der Waals surface area contributed by atoms with Gasteiger partial charge in [0, 0.05) is 19.2 Å². The predicted molar refractivity (Wildman–Crippen MR) is 114 cm³/mol. The van der Waals surface area contributed by atoms with E-state index in [9.17, 15) is 14.4 Å². The molecule has 4 N–H and O–H groups in total. The van der Waals surface area contributed by atoms with Crippen LogP contribution in [0.25, 0.3) is 0 Å². The highest BCUT2D eigenvalue weighted by atomic mass is 16.5. The maximum absolute atomic E-state index is 12.6. The van der Waals surface area contributed by atoms with E-state index in [4.69, 9.17) is 24.7 Å². The number of rotatable bonds is 14. The molecule has 2 atom stereocenters. The number of ether oxygens (including phenoxy) is 4. The van der Waals surface area contributed by atoms with Crippen LogP contribution in [0, 0.1) is 0 Å². The predicted octanol–water partition coefficient (Wildman–Crippen LogP) is 0.512. The zero-order valence-electron chi connectivity index (χ0n) is 18.6. The lowest BCUT2D eigenvalue weighted by atomic mass is 10.1. The number of benzene rings is 1. The Kier molecular flexibility index (Phi) is 12.0. The third kappa shape index (κ3) is 8.81. The van der Waals surface area contributed by atoms with Gasteiger partial charge in [-0.1, -0.05) is 25.5 Å². The molecule has 0 radical (unpaired) electrons. The molecular formula is C21H33N3O7. The van der Waals surface area contributed by atoms with E-state index in [-0.39, 0.29) is 26.2 Å². The Bertz CT molecular complexity index is 727. The lowest BCUT2D eigenvalue weighted by Gasteiger charge is -2.20. The number of hydrogen-bond donors (Lipinski definition) is 3. The molecule has 0 aliphatic rings. The van der Waals surface area contributed by atoms with E-state index in [1.54, 1.807) is 18.2 Å². The second-order valence-electron chi connectivity index (χ2n) is 6.77. The number of unbranched alkanes of at least 4 members (excludes halogenated alkanes) is 1. The third-order valence-electron chi connectivity index (χ3n) is 4.39. The van der Waals surface area contributed by atoms with Crippen molar-refractivity contribution in [1.82, 2.24) is 10.6 Å². The van der Waals surface area contributed by atoms with Crippen LogP contribution in [0.15, 0.2) is 18.2 Å². The van der Waals surface area contributed by atoms with Crippen molar-refractivity contribution in [3.63, 3.8) is 0 Å². The Hall–Kier alpha value is -2.85. The first kappa shape index (κ1) is 26.2. The van der Waals surface area contributed by atoms with Crippen LogP contribution < -0.4 is 25.8 Å². The summed E-state index contributed by atoms with van der Waals surface area (Å²) in [5.41, 5.74) is 6.48. The molecule has 0 aromatic heterocycles. The number of methoxy groups -OCH3 is 3. The zero-order valence-corrected chi connectivity index (χ0v) is 18.6. The molecule has 0 aliphatic carbocycles. The Morgan fingerprint density at radius 1 is 1.10 bits per heavy atom. The highest BCUT2D eigenvalue weighted by Gasteiger charge is 2.25. The van der Waals surface area contributed by atoms with Crippen LogP contribution in [-0.4, -0.2) is 64.4 Å². The molecular weight excluding hydrogens is 406 g/mol. The minimum atomic E-state index is -1.14. The maximum Gasteiger partial charge on any atom is 0.307 e. The SMILES string of the molecule is CCCCOC(=O)C[C@H](N)C(=O)N[C@@H](COC)C(=O)NCc1cccc(OC)c1OC. The summed E-state index contributed by atoms with van der Waals surface area (Å²) >= 11 is 0. The lowest BCUT2D eigenvalue weighted by molar-refractivity contribution is -0.145. The first-order valence-electron chi connectivity index (χ1n) is 10.1. The Labute approximate surface area is 182 Å². The molecule has 10 heteroatoms. The van der Waals surface area contributed by atoms with Crippen LogP contribution in [0.5, 0.6) is 11.5 Å². The first-order valence-corrected chi connectivity index (χ1v) is 10.1. The van der Waals surface area contributed by atoms with Gasteiger partial charge in [-0.25, -0.2) is 0 Å². The molecule has 10 nitrogen and oxygen atoms in total.